The van der Waals surface area contributed by atoms with Crippen LogP contribution >= 0.6 is 23.2 Å². The van der Waals surface area contributed by atoms with Crippen molar-refractivity contribution in [3.05, 3.63) is 28.0 Å². The van der Waals surface area contributed by atoms with Crippen molar-refractivity contribution in [1.82, 2.24) is 4.98 Å². The molecule has 0 aliphatic rings. The van der Waals surface area contributed by atoms with Crippen molar-refractivity contribution in [2.24, 2.45) is 0 Å². The topological polar surface area (TPSA) is 50.2 Å². The van der Waals surface area contributed by atoms with Crippen LogP contribution in [0.3, 0.4) is 0 Å². The summed E-state index contributed by atoms with van der Waals surface area (Å²) in [4.78, 5) is 14.0. The molecule has 0 spiro atoms. The first kappa shape index (κ1) is 13.1. The first-order valence-electron chi connectivity index (χ1n) is 4.19. The van der Waals surface area contributed by atoms with Gasteiger partial charge in [0.1, 0.15) is 5.15 Å². The number of hydrogen-bond acceptors (Lipinski definition) is 2. The molecule has 0 unspecified atom stereocenters. The minimum atomic E-state index is -2.83. The lowest BCUT2D eigenvalue weighted by Crippen LogP contribution is -2.07. The minimum absolute atomic E-state index is 0.0408. The van der Waals surface area contributed by atoms with E-state index in [9.17, 15) is 13.6 Å². The van der Waals surface area contributed by atoms with Gasteiger partial charge >= 0.3 is 5.97 Å². The van der Waals surface area contributed by atoms with Gasteiger partial charge in [0.25, 0.3) is 6.43 Å². The molecule has 7 heteroatoms. The van der Waals surface area contributed by atoms with Gasteiger partial charge in [-0.1, -0.05) is 11.6 Å². The number of hydrogen-bond donors (Lipinski definition) is 1. The van der Waals surface area contributed by atoms with E-state index in [2.05, 4.69) is 4.98 Å². The monoisotopic (exact) mass is 269 g/mol. The van der Waals surface area contributed by atoms with Crippen molar-refractivity contribution in [3.8, 4) is 0 Å². The predicted molar refractivity (Wildman–Crippen MR) is 55.1 cm³/mol. The maximum absolute atomic E-state index is 12.7. The summed E-state index contributed by atoms with van der Waals surface area (Å²) in [5, 5.41) is 8.25. The van der Waals surface area contributed by atoms with Gasteiger partial charge in [0, 0.05) is 12.1 Å². The number of nitrogens with zero attached hydrogens (tertiary/aromatic N) is 1. The number of aliphatic carboxylic acids is 1. The molecule has 1 N–H and O–H groups in total. The third-order valence-corrected chi connectivity index (χ3v) is 2.53. The van der Waals surface area contributed by atoms with Gasteiger partial charge in [-0.05, 0) is 11.1 Å². The Bertz CT molecular complexity index is 413. The molecule has 1 heterocycles. The molecule has 0 aliphatic carbocycles. The smallest absolute Gasteiger partial charge is 0.307 e. The molecule has 16 heavy (non-hydrogen) atoms. The lowest BCUT2D eigenvalue weighted by atomic mass is 10.0. The van der Waals surface area contributed by atoms with E-state index in [1.165, 1.54) is 0 Å². The van der Waals surface area contributed by atoms with Crippen molar-refractivity contribution in [3.63, 3.8) is 0 Å². The molecule has 0 amide bonds. The minimum Gasteiger partial charge on any atom is -0.481 e. The Balaban J connectivity index is 3.30. The molecule has 0 aliphatic heterocycles. The average molecular weight is 270 g/mol. The van der Waals surface area contributed by atoms with Crippen molar-refractivity contribution in [1.29, 1.82) is 0 Å². The van der Waals surface area contributed by atoms with Crippen LogP contribution in [0, 0.1) is 0 Å². The Kier molecular flexibility index (Phi) is 4.44. The van der Waals surface area contributed by atoms with E-state index in [1.807, 2.05) is 0 Å². The van der Waals surface area contributed by atoms with Crippen LogP contribution in [0.5, 0.6) is 0 Å². The zero-order chi connectivity index (χ0) is 12.3. The van der Waals surface area contributed by atoms with Gasteiger partial charge in [-0.3, -0.25) is 4.79 Å². The third kappa shape index (κ3) is 2.80. The Morgan fingerprint density at radius 3 is 2.62 bits per heavy atom. The van der Waals surface area contributed by atoms with Crippen LogP contribution in [0.15, 0.2) is 6.20 Å². The molecule has 0 radical (unpaired) electrons. The summed E-state index contributed by atoms with van der Waals surface area (Å²) < 4.78 is 25.3. The summed E-state index contributed by atoms with van der Waals surface area (Å²) in [6.07, 6.45) is -2.09. The molecule has 88 valence electrons. The number of carboxylic acids is 1. The van der Waals surface area contributed by atoms with Crippen LogP contribution in [0.4, 0.5) is 8.78 Å². The predicted octanol–water partition coefficient (Wildman–Crippen LogP) is 3.04. The number of rotatable bonds is 4. The lowest BCUT2D eigenvalue weighted by Gasteiger charge is -2.11. The second kappa shape index (κ2) is 5.41. The number of carboxylic acid groups (broad SMARTS) is 1. The van der Waals surface area contributed by atoms with Gasteiger partial charge in [-0.25, -0.2) is 13.8 Å². The lowest BCUT2D eigenvalue weighted by molar-refractivity contribution is -0.136. The first-order valence-corrected chi connectivity index (χ1v) is 5.10. The number of aromatic nitrogens is 1. The van der Waals surface area contributed by atoms with Crippen molar-refractivity contribution < 1.29 is 18.7 Å². The normalized spacial score (nSPS) is 10.8. The summed E-state index contributed by atoms with van der Waals surface area (Å²) >= 11 is 11.0. The molecule has 0 saturated carbocycles. The fraction of sp³-hybridized carbons (Fsp3) is 0.333. The van der Waals surface area contributed by atoms with E-state index in [0.29, 0.717) is 0 Å². The summed E-state index contributed by atoms with van der Waals surface area (Å²) in [6, 6.07) is 0. The summed E-state index contributed by atoms with van der Waals surface area (Å²) in [5.74, 6) is -1.37. The molecule has 0 fully saturated rings. The third-order valence-electron chi connectivity index (χ3n) is 1.96. The number of carbonyl (C=O) groups is 1. The second-order valence-corrected chi connectivity index (χ2v) is 3.60. The van der Waals surface area contributed by atoms with Crippen molar-refractivity contribution in [2.75, 3.05) is 0 Å². The van der Waals surface area contributed by atoms with Gasteiger partial charge in [0.15, 0.2) is 0 Å². The van der Waals surface area contributed by atoms with Crippen molar-refractivity contribution >= 4 is 29.2 Å². The van der Waals surface area contributed by atoms with Crippen LogP contribution in [-0.4, -0.2) is 16.1 Å². The molecular formula is C9H7Cl2F2NO2. The molecular weight excluding hydrogens is 263 g/mol. The first-order chi connectivity index (χ1) is 7.47. The molecule has 3 nitrogen and oxygen atoms in total. The fourth-order valence-corrected chi connectivity index (χ4v) is 1.84. The van der Waals surface area contributed by atoms with E-state index in [0.717, 1.165) is 6.20 Å². The Hall–Kier alpha value is -0.940. The van der Waals surface area contributed by atoms with E-state index in [-0.39, 0.29) is 22.2 Å². The van der Waals surface area contributed by atoms with Crippen LogP contribution in [0.1, 0.15) is 23.1 Å². The Morgan fingerprint density at radius 1 is 1.56 bits per heavy atom. The molecule has 1 rings (SSSR count). The van der Waals surface area contributed by atoms with Crippen LogP contribution in [-0.2, 0) is 17.1 Å². The Morgan fingerprint density at radius 2 is 2.19 bits per heavy atom. The fourth-order valence-electron chi connectivity index (χ4n) is 1.27. The van der Waals surface area contributed by atoms with E-state index in [1.54, 1.807) is 0 Å². The summed E-state index contributed by atoms with van der Waals surface area (Å²) in [5.41, 5.74) is -0.295. The highest BCUT2D eigenvalue weighted by molar-refractivity contribution is 6.30. The van der Waals surface area contributed by atoms with Gasteiger partial charge in [0.2, 0.25) is 0 Å². The van der Waals surface area contributed by atoms with Gasteiger partial charge in [-0.15, -0.1) is 11.6 Å². The maximum Gasteiger partial charge on any atom is 0.307 e. The largest absolute Gasteiger partial charge is 0.481 e. The standard InChI is InChI=1S/C9H7Cl2F2NO2/c10-2-5-4(1-6(15)16)3-14-8(11)7(5)9(12)13/h3,9H,1-2H2,(H,15,16). The Labute approximate surface area is 100 Å². The zero-order valence-electron chi connectivity index (χ0n) is 7.88. The van der Waals surface area contributed by atoms with Gasteiger partial charge in [0.05, 0.1) is 12.0 Å². The average Bonchev–Trinajstić information content (AvgIpc) is 2.18. The van der Waals surface area contributed by atoms with Gasteiger partial charge < -0.3 is 5.11 Å². The molecule has 1 aromatic rings. The van der Waals surface area contributed by atoms with Crippen LogP contribution in [0.25, 0.3) is 0 Å². The second-order valence-electron chi connectivity index (χ2n) is 2.97. The maximum atomic E-state index is 12.7. The molecule has 0 saturated heterocycles. The highest BCUT2D eigenvalue weighted by Gasteiger charge is 2.21. The molecule has 1 aromatic heterocycles. The van der Waals surface area contributed by atoms with E-state index < -0.39 is 24.4 Å². The summed E-state index contributed by atoms with van der Waals surface area (Å²) in [6.45, 7) is 0. The SMILES string of the molecule is O=C(O)Cc1cnc(Cl)c(C(F)F)c1CCl. The number of pyridine rings is 1. The van der Waals surface area contributed by atoms with Gasteiger partial charge in [-0.2, -0.15) is 0 Å². The van der Waals surface area contributed by atoms with Crippen LogP contribution in [0.2, 0.25) is 5.15 Å². The van der Waals surface area contributed by atoms with Crippen molar-refractivity contribution in [2.45, 2.75) is 18.7 Å². The highest BCUT2D eigenvalue weighted by atomic mass is 35.5. The molecule has 0 bridgehead atoms. The van der Waals surface area contributed by atoms with E-state index in [4.69, 9.17) is 28.3 Å². The zero-order valence-corrected chi connectivity index (χ0v) is 9.40. The quantitative estimate of drug-likeness (QED) is 0.675. The highest BCUT2D eigenvalue weighted by Crippen LogP contribution is 2.31. The number of halogens is 4. The van der Waals surface area contributed by atoms with E-state index >= 15 is 0 Å². The number of alkyl halides is 3. The van der Waals surface area contributed by atoms with Crippen LogP contribution < -0.4 is 0 Å². The molecule has 0 atom stereocenters. The summed E-state index contributed by atoms with van der Waals surface area (Å²) in [7, 11) is 0. The molecule has 0 aromatic carbocycles.